The van der Waals surface area contributed by atoms with Crippen LogP contribution in [-0.2, 0) is 16.6 Å². The van der Waals surface area contributed by atoms with Crippen LogP contribution in [0, 0.1) is 0 Å². The van der Waals surface area contributed by atoms with Crippen LogP contribution in [0.15, 0.2) is 12.4 Å². The first-order chi connectivity index (χ1) is 7.99. The number of carbonyl (C=O) groups is 2. The number of nitrogens with one attached hydrogen (secondary N) is 1. The van der Waals surface area contributed by atoms with Gasteiger partial charge in [-0.2, -0.15) is 5.10 Å². The maximum absolute atomic E-state index is 11.5. The highest BCUT2D eigenvalue weighted by Gasteiger charge is 2.09. The molecule has 6 heteroatoms. The van der Waals surface area contributed by atoms with E-state index in [4.69, 9.17) is 4.74 Å². The molecular formula is C11H17N3O3. The Morgan fingerprint density at radius 2 is 2.24 bits per heavy atom. The zero-order valence-corrected chi connectivity index (χ0v) is 10.3. The highest BCUT2D eigenvalue weighted by molar-refractivity contribution is 5.93. The molecule has 0 saturated heterocycles. The van der Waals surface area contributed by atoms with Gasteiger partial charge in [-0.3, -0.25) is 14.3 Å². The van der Waals surface area contributed by atoms with E-state index in [0.717, 1.165) is 0 Å². The Kier molecular flexibility index (Phi) is 4.68. The normalized spacial score (nSPS) is 10.4. The van der Waals surface area contributed by atoms with Crippen LogP contribution >= 0.6 is 0 Å². The van der Waals surface area contributed by atoms with E-state index in [1.807, 2.05) is 0 Å². The summed E-state index contributed by atoms with van der Waals surface area (Å²) in [5.41, 5.74) is 0.477. The number of carbonyl (C=O) groups excluding carboxylic acids is 2. The summed E-state index contributed by atoms with van der Waals surface area (Å²) in [7, 11) is 1.73. The van der Waals surface area contributed by atoms with Gasteiger partial charge in [-0.15, -0.1) is 0 Å². The largest absolute Gasteiger partial charge is 0.463 e. The van der Waals surface area contributed by atoms with E-state index in [2.05, 4.69) is 10.4 Å². The number of aryl methyl sites for hydroxylation is 1. The molecule has 0 saturated carbocycles. The topological polar surface area (TPSA) is 73.2 Å². The van der Waals surface area contributed by atoms with Crippen LogP contribution in [-0.4, -0.2) is 34.3 Å². The number of hydrogen-bond acceptors (Lipinski definition) is 4. The third-order valence-corrected chi connectivity index (χ3v) is 1.95. The molecule has 1 rings (SSSR count). The molecule has 0 spiro atoms. The molecule has 6 nitrogen and oxygen atoms in total. The van der Waals surface area contributed by atoms with Crippen molar-refractivity contribution < 1.29 is 14.3 Å². The lowest BCUT2D eigenvalue weighted by Gasteiger charge is -2.07. The molecule has 1 aromatic rings. The van der Waals surface area contributed by atoms with Crippen molar-refractivity contribution in [2.24, 2.45) is 7.05 Å². The molecule has 0 radical (unpaired) electrons. The minimum Gasteiger partial charge on any atom is -0.463 e. The van der Waals surface area contributed by atoms with Gasteiger partial charge in [0.15, 0.2) is 0 Å². The molecule has 0 aliphatic carbocycles. The molecule has 0 aliphatic rings. The number of aromatic nitrogens is 2. The summed E-state index contributed by atoms with van der Waals surface area (Å²) in [5.74, 6) is -0.554. The summed E-state index contributed by atoms with van der Waals surface area (Å²) >= 11 is 0. The van der Waals surface area contributed by atoms with Crippen LogP contribution in [0.4, 0.5) is 0 Å². The SMILES string of the molecule is CC(C)OC(=O)CCNC(=O)c1cnn(C)c1. The quantitative estimate of drug-likeness (QED) is 0.759. The Bertz CT molecular complexity index is 398. The Balaban J connectivity index is 2.27. The zero-order chi connectivity index (χ0) is 12.8. The van der Waals surface area contributed by atoms with E-state index in [1.165, 1.54) is 6.20 Å². The second kappa shape index (κ2) is 6.03. The van der Waals surface area contributed by atoms with E-state index >= 15 is 0 Å². The third-order valence-electron chi connectivity index (χ3n) is 1.95. The maximum Gasteiger partial charge on any atom is 0.307 e. The van der Waals surface area contributed by atoms with Gasteiger partial charge in [0.1, 0.15) is 0 Å². The van der Waals surface area contributed by atoms with Gasteiger partial charge in [-0.1, -0.05) is 0 Å². The molecule has 0 atom stereocenters. The number of esters is 1. The molecular weight excluding hydrogens is 222 g/mol. The van der Waals surface area contributed by atoms with Crippen LogP contribution in [0.1, 0.15) is 30.6 Å². The first kappa shape index (κ1) is 13.2. The van der Waals surface area contributed by atoms with Gasteiger partial charge in [0.05, 0.1) is 24.3 Å². The van der Waals surface area contributed by atoms with Crippen molar-refractivity contribution in [2.45, 2.75) is 26.4 Å². The smallest absolute Gasteiger partial charge is 0.307 e. The van der Waals surface area contributed by atoms with Gasteiger partial charge in [0.25, 0.3) is 5.91 Å². The summed E-state index contributed by atoms with van der Waals surface area (Å²) in [5, 5.41) is 6.51. The lowest BCUT2D eigenvalue weighted by Crippen LogP contribution is -2.26. The molecule has 17 heavy (non-hydrogen) atoms. The number of nitrogens with zero attached hydrogens (tertiary/aromatic N) is 2. The first-order valence-electron chi connectivity index (χ1n) is 5.45. The minimum atomic E-state index is -0.313. The molecule has 0 fully saturated rings. The molecule has 0 bridgehead atoms. The summed E-state index contributed by atoms with van der Waals surface area (Å²) in [4.78, 5) is 22.7. The van der Waals surface area contributed by atoms with Crippen LogP contribution in [0.3, 0.4) is 0 Å². The molecule has 1 heterocycles. The standard InChI is InChI=1S/C11H17N3O3/c1-8(2)17-10(15)4-5-12-11(16)9-6-13-14(3)7-9/h6-8H,4-5H2,1-3H3,(H,12,16). The predicted molar refractivity (Wildman–Crippen MR) is 61.4 cm³/mol. The van der Waals surface area contributed by atoms with Crippen molar-refractivity contribution in [1.29, 1.82) is 0 Å². The molecule has 1 N–H and O–H groups in total. The lowest BCUT2D eigenvalue weighted by molar-refractivity contribution is -0.147. The van der Waals surface area contributed by atoms with E-state index < -0.39 is 0 Å². The summed E-state index contributed by atoms with van der Waals surface area (Å²) in [6.45, 7) is 3.83. The summed E-state index contributed by atoms with van der Waals surface area (Å²) < 4.78 is 6.48. The molecule has 1 aromatic heterocycles. The fourth-order valence-corrected chi connectivity index (χ4v) is 1.24. The zero-order valence-electron chi connectivity index (χ0n) is 10.3. The van der Waals surface area contributed by atoms with Gasteiger partial charge in [0, 0.05) is 19.8 Å². The average Bonchev–Trinajstić information content (AvgIpc) is 2.63. The Morgan fingerprint density at radius 3 is 2.76 bits per heavy atom. The molecule has 0 aromatic carbocycles. The van der Waals surface area contributed by atoms with Gasteiger partial charge in [-0.25, -0.2) is 0 Å². The number of amides is 1. The fraction of sp³-hybridized carbons (Fsp3) is 0.545. The van der Waals surface area contributed by atoms with Gasteiger partial charge in [0.2, 0.25) is 0 Å². The Labute approximate surface area is 99.9 Å². The van der Waals surface area contributed by atoms with Gasteiger partial charge < -0.3 is 10.1 Å². The van der Waals surface area contributed by atoms with E-state index in [9.17, 15) is 9.59 Å². The summed E-state index contributed by atoms with van der Waals surface area (Å²) in [6, 6.07) is 0. The van der Waals surface area contributed by atoms with Crippen LogP contribution in [0.2, 0.25) is 0 Å². The average molecular weight is 239 g/mol. The van der Waals surface area contributed by atoms with Crippen LogP contribution in [0.5, 0.6) is 0 Å². The van der Waals surface area contributed by atoms with E-state index in [-0.39, 0.29) is 30.9 Å². The van der Waals surface area contributed by atoms with Crippen molar-refractivity contribution in [3.05, 3.63) is 18.0 Å². The van der Waals surface area contributed by atoms with Gasteiger partial charge in [-0.05, 0) is 13.8 Å². The predicted octanol–water partition coefficient (Wildman–Crippen LogP) is 0.492. The Morgan fingerprint density at radius 1 is 1.53 bits per heavy atom. The van der Waals surface area contributed by atoms with Crippen molar-refractivity contribution in [1.82, 2.24) is 15.1 Å². The second-order valence-corrected chi connectivity index (χ2v) is 3.95. The van der Waals surface area contributed by atoms with Crippen molar-refractivity contribution in [3.63, 3.8) is 0 Å². The molecule has 94 valence electrons. The van der Waals surface area contributed by atoms with Crippen LogP contribution in [0.25, 0.3) is 0 Å². The first-order valence-corrected chi connectivity index (χ1v) is 5.45. The van der Waals surface area contributed by atoms with Crippen LogP contribution < -0.4 is 5.32 Å². The van der Waals surface area contributed by atoms with E-state index in [0.29, 0.717) is 5.56 Å². The minimum absolute atomic E-state index is 0.128. The highest BCUT2D eigenvalue weighted by atomic mass is 16.5. The molecule has 0 unspecified atom stereocenters. The lowest BCUT2D eigenvalue weighted by atomic mass is 10.3. The number of ether oxygens (including phenoxy) is 1. The Hall–Kier alpha value is -1.85. The monoisotopic (exact) mass is 239 g/mol. The summed E-state index contributed by atoms with van der Waals surface area (Å²) in [6.07, 6.45) is 3.13. The van der Waals surface area contributed by atoms with E-state index in [1.54, 1.807) is 31.8 Å². The molecule has 1 amide bonds. The second-order valence-electron chi connectivity index (χ2n) is 3.95. The molecule has 0 aliphatic heterocycles. The maximum atomic E-state index is 11.5. The fourth-order valence-electron chi connectivity index (χ4n) is 1.24. The number of rotatable bonds is 5. The highest BCUT2D eigenvalue weighted by Crippen LogP contribution is 1.96. The number of hydrogen-bond donors (Lipinski definition) is 1. The van der Waals surface area contributed by atoms with Crippen molar-refractivity contribution in [2.75, 3.05) is 6.54 Å². The third kappa shape index (κ3) is 4.67. The van der Waals surface area contributed by atoms with Crippen molar-refractivity contribution >= 4 is 11.9 Å². The van der Waals surface area contributed by atoms with Gasteiger partial charge >= 0.3 is 5.97 Å². The van der Waals surface area contributed by atoms with Crippen molar-refractivity contribution in [3.8, 4) is 0 Å².